The summed E-state index contributed by atoms with van der Waals surface area (Å²) in [6.07, 6.45) is 0.512. The van der Waals surface area contributed by atoms with Gasteiger partial charge in [-0.15, -0.1) is 0 Å². The van der Waals surface area contributed by atoms with Gasteiger partial charge in [0.1, 0.15) is 0 Å². The second kappa shape index (κ2) is 6.78. The van der Waals surface area contributed by atoms with Gasteiger partial charge in [0.15, 0.2) is 0 Å². The second-order valence-electron chi connectivity index (χ2n) is 5.12. The topological polar surface area (TPSA) is 86.3 Å². The lowest BCUT2D eigenvalue weighted by atomic mass is 9.86. The number of nitro benzene ring substituents is 2. The maximum absolute atomic E-state index is 11.1. The number of hydrogen-bond donors (Lipinski definition) is 0. The highest BCUT2D eigenvalue weighted by Gasteiger charge is 2.25. The number of nitro groups is 2. The van der Waals surface area contributed by atoms with Crippen molar-refractivity contribution in [3.63, 3.8) is 0 Å². The normalized spacial score (nSPS) is 14.1. The molecule has 0 aliphatic carbocycles. The van der Waals surface area contributed by atoms with Crippen LogP contribution >= 0.6 is 15.9 Å². The fraction of sp³-hybridized carbons (Fsp3) is 0.538. The number of nitrogens with zero attached hydrogens (tertiary/aromatic N) is 2. The maximum atomic E-state index is 11.1. The Morgan fingerprint density at radius 2 is 1.75 bits per heavy atom. The molecule has 110 valence electrons. The molecule has 0 aliphatic heterocycles. The molecule has 1 aromatic carbocycles. The zero-order valence-electron chi connectivity index (χ0n) is 11.6. The second-order valence-corrected chi connectivity index (χ2v) is 6.56. The fourth-order valence-corrected chi connectivity index (χ4v) is 2.99. The van der Waals surface area contributed by atoms with Crippen LogP contribution < -0.4 is 0 Å². The molecule has 0 saturated carbocycles. The molecule has 2 unspecified atom stereocenters. The summed E-state index contributed by atoms with van der Waals surface area (Å²) in [7, 11) is 0. The molecule has 0 amide bonds. The van der Waals surface area contributed by atoms with E-state index in [4.69, 9.17) is 0 Å². The molecule has 0 fully saturated rings. The van der Waals surface area contributed by atoms with Crippen molar-refractivity contribution in [2.75, 3.05) is 0 Å². The van der Waals surface area contributed by atoms with Crippen LogP contribution in [0.1, 0.15) is 26.3 Å². The Labute approximate surface area is 125 Å². The van der Waals surface area contributed by atoms with E-state index in [1.807, 2.05) is 6.92 Å². The molecular formula is C13H17BrN2O4. The van der Waals surface area contributed by atoms with Gasteiger partial charge in [0.05, 0.1) is 15.9 Å². The molecule has 0 aliphatic rings. The van der Waals surface area contributed by atoms with Crippen LogP contribution in [0.4, 0.5) is 11.4 Å². The van der Waals surface area contributed by atoms with Gasteiger partial charge < -0.3 is 0 Å². The Morgan fingerprint density at radius 1 is 1.15 bits per heavy atom. The van der Waals surface area contributed by atoms with Gasteiger partial charge in [-0.3, -0.25) is 20.2 Å². The van der Waals surface area contributed by atoms with Crippen molar-refractivity contribution in [1.29, 1.82) is 0 Å². The predicted molar refractivity (Wildman–Crippen MR) is 80.2 cm³/mol. The lowest BCUT2D eigenvalue weighted by Gasteiger charge is -2.23. The summed E-state index contributed by atoms with van der Waals surface area (Å²) in [4.78, 5) is 20.8. The first-order valence-electron chi connectivity index (χ1n) is 6.29. The van der Waals surface area contributed by atoms with Gasteiger partial charge in [-0.2, -0.15) is 0 Å². The number of benzene rings is 1. The van der Waals surface area contributed by atoms with Gasteiger partial charge in [-0.1, -0.05) is 36.7 Å². The van der Waals surface area contributed by atoms with Crippen LogP contribution in [0.15, 0.2) is 18.2 Å². The molecule has 1 aromatic rings. The first-order chi connectivity index (χ1) is 9.23. The molecule has 0 N–H and O–H groups in total. The van der Waals surface area contributed by atoms with Crippen LogP contribution in [0.2, 0.25) is 0 Å². The summed E-state index contributed by atoms with van der Waals surface area (Å²) in [5, 5.41) is 21.8. The first kappa shape index (κ1) is 16.6. The van der Waals surface area contributed by atoms with E-state index >= 15 is 0 Å². The fourth-order valence-electron chi connectivity index (χ4n) is 2.19. The maximum Gasteiger partial charge on any atom is 0.279 e. The van der Waals surface area contributed by atoms with E-state index in [0.29, 0.717) is 17.9 Å². The number of non-ortho nitro benzene ring substituents is 1. The van der Waals surface area contributed by atoms with Crippen LogP contribution in [-0.4, -0.2) is 14.7 Å². The van der Waals surface area contributed by atoms with Crippen molar-refractivity contribution in [1.82, 2.24) is 0 Å². The summed E-state index contributed by atoms with van der Waals surface area (Å²) < 4.78 is 0. The third kappa shape index (κ3) is 4.00. The summed E-state index contributed by atoms with van der Waals surface area (Å²) in [6.45, 7) is 6.11. The molecule has 2 atom stereocenters. The molecule has 20 heavy (non-hydrogen) atoms. The number of hydrogen-bond acceptors (Lipinski definition) is 4. The van der Waals surface area contributed by atoms with E-state index in [1.54, 1.807) is 0 Å². The Balaban J connectivity index is 3.17. The number of alkyl halides is 1. The molecule has 0 radical (unpaired) electrons. The van der Waals surface area contributed by atoms with E-state index in [1.165, 1.54) is 12.1 Å². The van der Waals surface area contributed by atoms with E-state index in [9.17, 15) is 20.2 Å². The molecular weight excluding hydrogens is 328 g/mol. The average molecular weight is 345 g/mol. The van der Waals surface area contributed by atoms with Gasteiger partial charge >= 0.3 is 0 Å². The third-order valence-corrected chi connectivity index (χ3v) is 4.06. The van der Waals surface area contributed by atoms with Crippen molar-refractivity contribution >= 4 is 27.3 Å². The van der Waals surface area contributed by atoms with E-state index < -0.39 is 9.85 Å². The Morgan fingerprint density at radius 3 is 2.15 bits per heavy atom. The van der Waals surface area contributed by atoms with Gasteiger partial charge in [0.25, 0.3) is 11.4 Å². The molecule has 0 saturated heterocycles. The van der Waals surface area contributed by atoms with E-state index in [2.05, 4.69) is 29.8 Å². The summed E-state index contributed by atoms with van der Waals surface area (Å²) in [5.74, 6) is 0.564. The molecule has 1 rings (SSSR count). The van der Waals surface area contributed by atoms with Crippen molar-refractivity contribution in [2.45, 2.75) is 32.0 Å². The minimum absolute atomic E-state index is 0.182. The minimum Gasteiger partial charge on any atom is -0.258 e. The highest BCUT2D eigenvalue weighted by molar-refractivity contribution is 9.09. The predicted octanol–water partition coefficient (Wildman–Crippen LogP) is 4.10. The molecule has 0 aromatic heterocycles. The Bertz CT molecular complexity index is 509. The lowest BCUT2D eigenvalue weighted by Crippen LogP contribution is -2.20. The zero-order chi connectivity index (χ0) is 15.4. The summed E-state index contributed by atoms with van der Waals surface area (Å²) in [5.41, 5.74) is 0.0945. The van der Waals surface area contributed by atoms with E-state index in [-0.39, 0.29) is 22.1 Å². The van der Waals surface area contributed by atoms with Crippen LogP contribution in [0.3, 0.4) is 0 Å². The van der Waals surface area contributed by atoms with Crippen molar-refractivity contribution < 1.29 is 9.85 Å². The largest absolute Gasteiger partial charge is 0.279 e. The molecule has 0 bridgehead atoms. The van der Waals surface area contributed by atoms with Crippen LogP contribution in [0.5, 0.6) is 0 Å². The first-order valence-corrected chi connectivity index (χ1v) is 7.21. The molecule has 7 heteroatoms. The van der Waals surface area contributed by atoms with Crippen molar-refractivity contribution in [3.8, 4) is 0 Å². The monoisotopic (exact) mass is 344 g/mol. The van der Waals surface area contributed by atoms with Crippen LogP contribution in [0, 0.1) is 32.1 Å². The third-order valence-electron chi connectivity index (χ3n) is 3.38. The van der Waals surface area contributed by atoms with Gasteiger partial charge in [-0.05, 0) is 24.3 Å². The van der Waals surface area contributed by atoms with Gasteiger partial charge in [0.2, 0.25) is 0 Å². The average Bonchev–Trinajstić information content (AvgIpc) is 2.34. The van der Waals surface area contributed by atoms with E-state index in [0.717, 1.165) is 6.07 Å². The standard InChI is InChI=1S/C13H17BrN2O4/c1-8(2)12(9(3)14)6-10-4-5-11(15(17)18)7-13(10)16(19)20/h4-5,7-9,12H,6H2,1-3H3. The molecule has 6 nitrogen and oxygen atoms in total. The Kier molecular flexibility index (Phi) is 5.62. The Hall–Kier alpha value is -1.50. The smallest absolute Gasteiger partial charge is 0.258 e. The van der Waals surface area contributed by atoms with Gasteiger partial charge in [0, 0.05) is 16.5 Å². The highest BCUT2D eigenvalue weighted by atomic mass is 79.9. The number of halogens is 1. The van der Waals surface area contributed by atoms with Gasteiger partial charge in [-0.25, -0.2) is 0 Å². The lowest BCUT2D eigenvalue weighted by molar-refractivity contribution is -0.394. The SMILES string of the molecule is CC(C)C(Cc1ccc([N+](=O)[O-])cc1[N+](=O)[O-])C(C)Br. The van der Waals surface area contributed by atoms with Crippen LogP contribution in [-0.2, 0) is 6.42 Å². The highest BCUT2D eigenvalue weighted by Crippen LogP contribution is 2.31. The zero-order valence-corrected chi connectivity index (χ0v) is 13.2. The van der Waals surface area contributed by atoms with Crippen molar-refractivity contribution in [3.05, 3.63) is 44.0 Å². The summed E-state index contributed by atoms with van der Waals surface area (Å²) >= 11 is 3.52. The van der Waals surface area contributed by atoms with Crippen molar-refractivity contribution in [2.24, 2.45) is 11.8 Å². The van der Waals surface area contributed by atoms with Crippen LogP contribution in [0.25, 0.3) is 0 Å². The molecule has 0 heterocycles. The summed E-state index contributed by atoms with van der Waals surface area (Å²) in [6, 6.07) is 3.84. The number of rotatable bonds is 6. The molecule has 0 spiro atoms. The quantitative estimate of drug-likeness (QED) is 0.441. The minimum atomic E-state index is -0.621.